The molecule has 0 radical (unpaired) electrons. The van der Waals surface area contributed by atoms with Crippen LogP contribution in [0.15, 0.2) is 0 Å². The van der Waals surface area contributed by atoms with Gasteiger partial charge in [0.25, 0.3) is 0 Å². The van der Waals surface area contributed by atoms with E-state index in [-0.39, 0.29) is 0 Å². The van der Waals surface area contributed by atoms with Crippen molar-refractivity contribution in [2.24, 2.45) is 0 Å². The molecule has 0 amide bonds. The van der Waals surface area contributed by atoms with Gasteiger partial charge in [-0.15, -0.1) is 0 Å². The molecule has 0 fully saturated rings. The molecule has 0 rings (SSSR count). The predicted molar refractivity (Wildman–Crippen MR) is 45.1 cm³/mol. The Labute approximate surface area is 57.9 Å². The first-order valence-electron chi connectivity index (χ1n) is 2.92. The van der Waals surface area contributed by atoms with Crippen molar-refractivity contribution >= 4 is 20.8 Å². The molecule has 8 heavy (non-hydrogen) atoms. The molecule has 0 aliphatic rings. The second-order valence-corrected chi connectivity index (χ2v) is 7.45. The van der Waals surface area contributed by atoms with Gasteiger partial charge in [0.05, 0.1) is 20.8 Å². The van der Waals surface area contributed by atoms with Crippen molar-refractivity contribution in [1.82, 2.24) is 9.13 Å². The summed E-state index contributed by atoms with van der Waals surface area (Å²) in [7, 11) is 6.72. The molecular formula is C4H16N2Si2. The average molecular weight is 148 g/mol. The maximum atomic E-state index is 2.46. The summed E-state index contributed by atoms with van der Waals surface area (Å²) in [6, 6.07) is 0. The van der Waals surface area contributed by atoms with Gasteiger partial charge in [-0.3, -0.25) is 0 Å². The second kappa shape index (κ2) is 4.25. The van der Waals surface area contributed by atoms with Crippen molar-refractivity contribution in [2.45, 2.75) is 0 Å². The van der Waals surface area contributed by atoms with Crippen LogP contribution < -0.4 is 0 Å². The molecule has 0 spiro atoms. The number of nitrogens with zero attached hydrogens (tertiary/aromatic N) is 2. The summed E-state index contributed by atoms with van der Waals surface area (Å²) in [4.78, 5) is 2.22. The van der Waals surface area contributed by atoms with Crippen LogP contribution in [0.3, 0.4) is 0 Å². The summed E-state index contributed by atoms with van der Waals surface area (Å²) < 4.78 is 2.46. The molecular weight excluding hydrogens is 132 g/mol. The molecule has 0 aliphatic heterocycles. The largest absolute Gasteiger partial charge is 0.359 e. The smallest absolute Gasteiger partial charge is 0.0698 e. The highest BCUT2D eigenvalue weighted by atomic mass is 28.2. The minimum Gasteiger partial charge on any atom is -0.359 e. The fourth-order valence-electron chi connectivity index (χ4n) is 0.400. The van der Waals surface area contributed by atoms with E-state index in [1.807, 2.05) is 0 Å². The van der Waals surface area contributed by atoms with Crippen molar-refractivity contribution in [3.63, 3.8) is 0 Å². The minimum absolute atomic E-state index is 1.22. The Hall–Kier alpha value is 0.354. The number of rotatable bonds is 3. The van der Waals surface area contributed by atoms with Crippen LogP contribution in [0, 0.1) is 0 Å². The Balaban J connectivity index is 2.93. The van der Waals surface area contributed by atoms with Crippen LogP contribution in [-0.4, -0.2) is 57.1 Å². The molecule has 0 bridgehead atoms. The molecule has 0 aromatic heterocycles. The first kappa shape index (κ1) is 8.35. The van der Waals surface area contributed by atoms with Gasteiger partial charge in [0.1, 0.15) is 0 Å². The highest BCUT2D eigenvalue weighted by molar-refractivity contribution is 6.24. The fourth-order valence-corrected chi connectivity index (χ4v) is 0.800. The zero-order chi connectivity index (χ0) is 6.57. The van der Waals surface area contributed by atoms with Crippen LogP contribution in [0.5, 0.6) is 0 Å². The normalized spacial score (nSPS) is 12.0. The molecule has 0 saturated carbocycles. The lowest BCUT2D eigenvalue weighted by atomic mass is 10.6. The van der Waals surface area contributed by atoms with E-state index in [4.69, 9.17) is 0 Å². The Morgan fingerprint density at radius 3 is 1.75 bits per heavy atom. The topological polar surface area (TPSA) is 6.48 Å². The lowest BCUT2D eigenvalue weighted by molar-refractivity contribution is 0.392. The molecule has 0 aromatic carbocycles. The van der Waals surface area contributed by atoms with Crippen molar-refractivity contribution < 1.29 is 0 Å². The van der Waals surface area contributed by atoms with Crippen molar-refractivity contribution in [2.75, 3.05) is 27.2 Å². The third-order valence-corrected chi connectivity index (χ3v) is 1.89. The van der Waals surface area contributed by atoms with Crippen molar-refractivity contribution in [3.8, 4) is 0 Å². The van der Waals surface area contributed by atoms with Gasteiger partial charge in [0.2, 0.25) is 0 Å². The van der Waals surface area contributed by atoms with E-state index in [2.05, 4.69) is 23.2 Å². The molecule has 0 atom stereocenters. The number of hydrogen-bond donors (Lipinski definition) is 0. The van der Waals surface area contributed by atoms with Crippen LogP contribution in [0.25, 0.3) is 0 Å². The fraction of sp³-hybridized carbons (Fsp3) is 1.00. The third kappa shape index (κ3) is 6.35. The lowest BCUT2D eigenvalue weighted by Gasteiger charge is -2.14. The number of hydrogen-bond acceptors (Lipinski definition) is 2. The Morgan fingerprint density at radius 1 is 1.12 bits per heavy atom. The molecule has 0 aliphatic carbocycles. The van der Waals surface area contributed by atoms with Gasteiger partial charge in [-0.1, -0.05) is 0 Å². The van der Waals surface area contributed by atoms with Crippen molar-refractivity contribution in [3.05, 3.63) is 0 Å². The SMILES string of the molecule is CN(C)CCN([SiH3])[SiH3]. The average Bonchev–Trinajstić information content (AvgIpc) is 1.61. The highest BCUT2D eigenvalue weighted by Gasteiger charge is 1.89. The van der Waals surface area contributed by atoms with Crippen LogP contribution in [-0.2, 0) is 0 Å². The summed E-state index contributed by atoms with van der Waals surface area (Å²) in [5.41, 5.74) is 0. The summed E-state index contributed by atoms with van der Waals surface area (Å²) in [6.07, 6.45) is 0. The van der Waals surface area contributed by atoms with E-state index in [1.165, 1.54) is 33.9 Å². The van der Waals surface area contributed by atoms with Gasteiger partial charge in [-0.2, -0.15) is 0 Å². The zero-order valence-corrected chi connectivity index (χ0v) is 10.3. The summed E-state index contributed by atoms with van der Waals surface area (Å²) >= 11 is 0. The zero-order valence-electron chi connectivity index (χ0n) is 6.31. The van der Waals surface area contributed by atoms with Gasteiger partial charge in [0.15, 0.2) is 0 Å². The van der Waals surface area contributed by atoms with E-state index in [0.717, 1.165) is 0 Å². The lowest BCUT2D eigenvalue weighted by Crippen LogP contribution is -2.27. The van der Waals surface area contributed by atoms with Gasteiger partial charge < -0.3 is 9.13 Å². The van der Waals surface area contributed by atoms with E-state index in [1.54, 1.807) is 0 Å². The Kier molecular flexibility index (Phi) is 4.44. The van der Waals surface area contributed by atoms with Gasteiger partial charge >= 0.3 is 0 Å². The van der Waals surface area contributed by atoms with Gasteiger partial charge in [-0.25, -0.2) is 0 Å². The predicted octanol–water partition coefficient (Wildman–Crippen LogP) is -2.59. The minimum atomic E-state index is 1.22. The number of likely N-dealkylation sites (N-methyl/N-ethyl adjacent to an activating group) is 1. The van der Waals surface area contributed by atoms with Crippen LogP contribution in [0.2, 0.25) is 0 Å². The summed E-state index contributed by atoms with van der Waals surface area (Å²) in [5.74, 6) is 0. The molecule has 2 nitrogen and oxygen atoms in total. The second-order valence-electron chi connectivity index (χ2n) is 2.61. The standard InChI is InChI=1S/C4H16N2Si2/c1-5(2)3-4-6(7)8/h3-4H2,1-2,7-8H3. The molecule has 50 valence electrons. The first-order valence-corrected chi connectivity index (χ1v) is 4.71. The Bertz CT molecular complexity index is 48.0. The molecule has 0 aromatic rings. The highest BCUT2D eigenvalue weighted by Crippen LogP contribution is 1.74. The summed E-state index contributed by atoms with van der Waals surface area (Å²) in [5, 5.41) is 0. The molecule has 0 saturated heterocycles. The van der Waals surface area contributed by atoms with E-state index < -0.39 is 0 Å². The monoisotopic (exact) mass is 148 g/mol. The van der Waals surface area contributed by atoms with Crippen molar-refractivity contribution in [1.29, 1.82) is 0 Å². The maximum absolute atomic E-state index is 2.46. The van der Waals surface area contributed by atoms with Crippen LogP contribution >= 0.6 is 0 Å². The van der Waals surface area contributed by atoms with Gasteiger partial charge in [-0.05, 0) is 20.6 Å². The Morgan fingerprint density at radius 2 is 1.62 bits per heavy atom. The molecule has 4 heteroatoms. The first-order chi connectivity index (χ1) is 3.63. The van der Waals surface area contributed by atoms with E-state index >= 15 is 0 Å². The molecule has 0 heterocycles. The maximum Gasteiger partial charge on any atom is 0.0698 e. The quantitative estimate of drug-likeness (QED) is 0.405. The molecule has 0 unspecified atom stereocenters. The summed E-state index contributed by atoms with van der Waals surface area (Å²) in [6.45, 7) is 2.48. The van der Waals surface area contributed by atoms with Gasteiger partial charge in [0, 0.05) is 6.54 Å². The van der Waals surface area contributed by atoms with E-state index in [9.17, 15) is 0 Å². The molecule has 0 N–H and O–H groups in total. The van der Waals surface area contributed by atoms with Crippen LogP contribution in [0.4, 0.5) is 0 Å². The van der Waals surface area contributed by atoms with E-state index in [0.29, 0.717) is 0 Å². The third-order valence-electron chi connectivity index (χ3n) is 0.994. The van der Waals surface area contributed by atoms with Crippen LogP contribution in [0.1, 0.15) is 0 Å².